The van der Waals surface area contributed by atoms with Crippen LogP contribution in [0.15, 0.2) is 34.9 Å². The highest BCUT2D eigenvalue weighted by Crippen LogP contribution is 2.36. The highest BCUT2D eigenvalue weighted by Gasteiger charge is 2.30. The summed E-state index contributed by atoms with van der Waals surface area (Å²) in [6, 6.07) is 9.30. The maximum atomic E-state index is 12.1. The monoisotopic (exact) mass is 377 g/mol. The van der Waals surface area contributed by atoms with Crippen LogP contribution < -0.4 is 10.6 Å². The highest BCUT2D eigenvalue weighted by molar-refractivity contribution is 8.03. The maximum absolute atomic E-state index is 12.1. The fraction of sp³-hybridized carbons (Fsp3) is 0.389. The van der Waals surface area contributed by atoms with Crippen molar-refractivity contribution in [2.24, 2.45) is 0 Å². The predicted octanol–water partition coefficient (Wildman–Crippen LogP) is 3.33. The Hall–Kier alpha value is -1.97. The molecule has 0 fully saturated rings. The zero-order valence-corrected chi connectivity index (χ0v) is 15.9. The van der Waals surface area contributed by atoms with Gasteiger partial charge in [-0.1, -0.05) is 35.5 Å². The molecule has 0 bridgehead atoms. The SMILES string of the molecule is CC(C)(C)NC(=O)CSC1=C(C#N)[C@H](c2ccc(Cl)cc2)CC(=O)N1. The number of amides is 2. The van der Waals surface area contributed by atoms with Gasteiger partial charge in [-0.15, -0.1) is 0 Å². The first-order valence-electron chi connectivity index (χ1n) is 7.83. The summed E-state index contributed by atoms with van der Waals surface area (Å²) >= 11 is 7.08. The smallest absolute Gasteiger partial charge is 0.230 e. The molecule has 2 N–H and O–H groups in total. The molecule has 2 amide bonds. The molecule has 132 valence electrons. The first kappa shape index (κ1) is 19.4. The summed E-state index contributed by atoms with van der Waals surface area (Å²) in [5, 5.41) is 16.2. The van der Waals surface area contributed by atoms with Gasteiger partial charge in [-0.3, -0.25) is 9.59 Å². The van der Waals surface area contributed by atoms with Crippen molar-refractivity contribution in [2.45, 2.75) is 38.6 Å². The summed E-state index contributed by atoms with van der Waals surface area (Å²) in [6.07, 6.45) is 0.197. The van der Waals surface area contributed by atoms with E-state index in [-0.39, 0.29) is 35.4 Å². The largest absolute Gasteiger partial charge is 0.351 e. The molecule has 0 unspecified atom stereocenters. The lowest BCUT2D eigenvalue weighted by atomic mass is 9.87. The van der Waals surface area contributed by atoms with E-state index in [2.05, 4.69) is 16.7 Å². The van der Waals surface area contributed by atoms with Gasteiger partial charge in [0.1, 0.15) is 0 Å². The van der Waals surface area contributed by atoms with Crippen LogP contribution in [0.25, 0.3) is 0 Å². The Morgan fingerprint density at radius 2 is 2.04 bits per heavy atom. The molecule has 1 aliphatic rings. The van der Waals surface area contributed by atoms with Crippen molar-refractivity contribution in [1.29, 1.82) is 5.26 Å². The van der Waals surface area contributed by atoms with Crippen LogP contribution >= 0.6 is 23.4 Å². The van der Waals surface area contributed by atoms with Crippen LogP contribution in [0.4, 0.5) is 0 Å². The number of hydrogen-bond acceptors (Lipinski definition) is 4. The molecule has 2 rings (SSSR count). The number of carbonyl (C=O) groups is 2. The summed E-state index contributed by atoms with van der Waals surface area (Å²) in [5.41, 5.74) is 0.995. The first-order chi connectivity index (χ1) is 11.7. The van der Waals surface area contributed by atoms with Gasteiger partial charge in [-0.2, -0.15) is 5.26 Å². The van der Waals surface area contributed by atoms with Gasteiger partial charge in [0, 0.05) is 22.9 Å². The molecular formula is C18H20ClN3O2S. The van der Waals surface area contributed by atoms with E-state index in [0.29, 0.717) is 15.6 Å². The first-order valence-corrected chi connectivity index (χ1v) is 9.19. The zero-order chi connectivity index (χ0) is 18.6. The van der Waals surface area contributed by atoms with Crippen LogP contribution in [0.5, 0.6) is 0 Å². The number of carbonyl (C=O) groups excluding carboxylic acids is 2. The molecular weight excluding hydrogens is 358 g/mol. The number of thioether (sulfide) groups is 1. The Bertz CT molecular complexity index is 745. The molecule has 0 saturated carbocycles. The van der Waals surface area contributed by atoms with E-state index in [1.165, 1.54) is 11.8 Å². The predicted molar refractivity (Wildman–Crippen MR) is 99.9 cm³/mol. The lowest BCUT2D eigenvalue weighted by molar-refractivity contribution is -0.121. The molecule has 1 aromatic carbocycles. The topological polar surface area (TPSA) is 82.0 Å². The van der Waals surface area contributed by atoms with Crippen molar-refractivity contribution in [3.8, 4) is 6.07 Å². The summed E-state index contributed by atoms with van der Waals surface area (Å²) < 4.78 is 0. The average molecular weight is 378 g/mol. The summed E-state index contributed by atoms with van der Waals surface area (Å²) in [5.74, 6) is -0.516. The van der Waals surface area contributed by atoms with E-state index in [4.69, 9.17) is 11.6 Å². The third-order valence-electron chi connectivity index (χ3n) is 3.49. The summed E-state index contributed by atoms with van der Waals surface area (Å²) in [4.78, 5) is 24.1. The van der Waals surface area contributed by atoms with E-state index in [0.717, 1.165) is 5.56 Å². The van der Waals surface area contributed by atoms with Crippen molar-refractivity contribution in [2.75, 3.05) is 5.75 Å². The van der Waals surface area contributed by atoms with Crippen LogP contribution in [-0.2, 0) is 9.59 Å². The van der Waals surface area contributed by atoms with Gasteiger partial charge in [0.25, 0.3) is 0 Å². The Labute approximate surface area is 156 Å². The van der Waals surface area contributed by atoms with E-state index < -0.39 is 0 Å². The normalized spacial score (nSPS) is 17.7. The number of nitriles is 1. The number of nitrogens with one attached hydrogen (secondary N) is 2. The maximum Gasteiger partial charge on any atom is 0.230 e. The van der Waals surface area contributed by atoms with Crippen molar-refractivity contribution >= 4 is 35.2 Å². The zero-order valence-electron chi connectivity index (χ0n) is 14.4. The molecule has 0 radical (unpaired) electrons. The number of hydrogen-bond donors (Lipinski definition) is 2. The van der Waals surface area contributed by atoms with Gasteiger partial charge in [0.15, 0.2) is 0 Å². The van der Waals surface area contributed by atoms with Gasteiger partial charge in [0.2, 0.25) is 11.8 Å². The van der Waals surface area contributed by atoms with E-state index >= 15 is 0 Å². The van der Waals surface area contributed by atoms with E-state index in [9.17, 15) is 14.9 Å². The lowest BCUT2D eigenvalue weighted by Gasteiger charge is -2.25. The summed E-state index contributed by atoms with van der Waals surface area (Å²) in [7, 11) is 0. The number of allylic oxidation sites excluding steroid dienone is 1. The third kappa shape index (κ3) is 5.52. The van der Waals surface area contributed by atoms with Crippen molar-refractivity contribution < 1.29 is 9.59 Å². The number of benzene rings is 1. The number of rotatable bonds is 4. The molecule has 7 heteroatoms. The van der Waals surface area contributed by atoms with Crippen LogP contribution in [0.3, 0.4) is 0 Å². The molecule has 5 nitrogen and oxygen atoms in total. The molecule has 0 saturated heterocycles. The number of nitrogens with zero attached hydrogens (tertiary/aromatic N) is 1. The Morgan fingerprint density at radius 1 is 1.40 bits per heavy atom. The Kier molecular flexibility index (Phi) is 6.15. The average Bonchev–Trinajstić information content (AvgIpc) is 2.51. The Morgan fingerprint density at radius 3 is 2.60 bits per heavy atom. The molecule has 1 aliphatic heterocycles. The van der Waals surface area contributed by atoms with Crippen LogP contribution in [0.1, 0.15) is 38.7 Å². The van der Waals surface area contributed by atoms with Crippen LogP contribution in [-0.4, -0.2) is 23.1 Å². The van der Waals surface area contributed by atoms with Gasteiger partial charge in [-0.25, -0.2) is 0 Å². The standard InChI is InChI=1S/C18H20ClN3O2S/c1-18(2,3)22-16(24)10-25-17-14(9-20)13(8-15(23)21-17)11-4-6-12(19)7-5-11/h4-7,13H,8,10H2,1-3H3,(H,21,23)(H,22,24)/t13-/m0/s1. The van der Waals surface area contributed by atoms with Gasteiger partial charge in [0.05, 0.1) is 22.4 Å². The molecule has 0 aromatic heterocycles. The minimum Gasteiger partial charge on any atom is -0.351 e. The Balaban J connectivity index is 2.21. The summed E-state index contributed by atoms with van der Waals surface area (Å²) in [6.45, 7) is 5.69. The second kappa shape index (κ2) is 7.94. The van der Waals surface area contributed by atoms with Crippen molar-refractivity contribution in [3.05, 3.63) is 45.5 Å². The van der Waals surface area contributed by atoms with E-state index in [1.807, 2.05) is 32.9 Å². The van der Waals surface area contributed by atoms with Gasteiger partial charge in [-0.05, 0) is 38.5 Å². The molecule has 1 atom stereocenters. The molecule has 1 heterocycles. The lowest BCUT2D eigenvalue weighted by Crippen LogP contribution is -2.41. The third-order valence-corrected chi connectivity index (χ3v) is 4.76. The molecule has 0 aliphatic carbocycles. The van der Waals surface area contributed by atoms with Crippen LogP contribution in [0.2, 0.25) is 5.02 Å². The molecule has 25 heavy (non-hydrogen) atoms. The van der Waals surface area contributed by atoms with Crippen molar-refractivity contribution in [1.82, 2.24) is 10.6 Å². The second-order valence-corrected chi connectivity index (χ2v) is 8.22. The minimum absolute atomic E-state index is 0.130. The van der Waals surface area contributed by atoms with Gasteiger partial charge < -0.3 is 10.6 Å². The fourth-order valence-electron chi connectivity index (χ4n) is 2.50. The van der Waals surface area contributed by atoms with Crippen LogP contribution in [0, 0.1) is 11.3 Å². The fourth-order valence-corrected chi connectivity index (χ4v) is 3.51. The second-order valence-electron chi connectivity index (χ2n) is 6.80. The molecule has 0 spiro atoms. The van der Waals surface area contributed by atoms with Gasteiger partial charge >= 0.3 is 0 Å². The highest BCUT2D eigenvalue weighted by atomic mass is 35.5. The van der Waals surface area contributed by atoms with Crippen molar-refractivity contribution in [3.63, 3.8) is 0 Å². The minimum atomic E-state index is -0.329. The number of halogens is 1. The molecule has 1 aromatic rings. The quantitative estimate of drug-likeness (QED) is 0.843. The van der Waals surface area contributed by atoms with E-state index in [1.54, 1.807) is 12.1 Å².